The molecule has 0 aliphatic heterocycles. The Kier molecular flexibility index (Phi) is 4.46. The van der Waals surface area contributed by atoms with Crippen LogP contribution in [0.1, 0.15) is 22.7 Å². The Labute approximate surface area is 122 Å². The van der Waals surface area contributed by atoms with Gasteiger partial charge in [-0.25, -0.2) is 9.82 Å². The molecule has 1 aromatic heterocycles. The number of nitrogens with zero attached hydrogens (tertiary/aromatic N) is 1. The Balaban J connectivity index is 2.60. The van der Waals surface area contributed by atoms with Crippen LogP contribution < -0.4 is 11.3 Å². The molecule has 0 aliphatic carbocycles. The predicted octanol–water partition coefficient (Wildman–Crippen LogP) is 3.45. The topological polar surface area (TPSA) is 50.9 Å². The van der Waals surface area contributed by atoms with Crippen molar-refractivity contribution in [1.82, 2.24) is 10.4 Å². The van der Waals surface area contributed by atoms with Gasteiger partial charge in [0.15, 0.2) is 0 Å². The Bertz CT molecular complexity index is 646. The number of nitrogens with one attached hydrogen (secondary N) is 1. The zero-order valence-electron chi connectivity index (χ0n) is 10.5. The summed E-state index contributed by atoms with van der Waals surface area (Å²) in [6.45, 7) is 0. The molecular weight excluding hydrogens is 310 g/mol. The van der Waals surface area contributed by atoms with Crippen LogP contribution in [0.3, 0.4) is 0 Å². The molecule has 0 radical (unpaired) electrons. The van der Waals surface area contributed by atoms with Crippen molar-refractivity contribution in [3.8, 4) is 0 Å². The van der Waals surface area contributed by atoms with E-state index in [0.29, 0.717) is 0 Å². The highest BCUT2D eigenvalue weighted by Crippen LogP contribution is 2.37. The highest BCUT2D eigenvalue weighted by atomic mass is 35.5. The maximum Gasteiger partial charge on any atom is 0.416 e. The van der Waals surface area contributed by atoms with Crippen molar-refractivity contribution in [2.24, 2.45) is 5.84 Å². The molecule has 1 atom stereocenters. The lowest BCUT2D eigenvalue weighted by molar-refractivity contribution is -0.138. The van der Waals surface area contributed by atoms with Gasteiger partial charge in [-0.1, -0.05) is 23.7 Å². The molecule has 3 N–H and O–H groups in total. The monoisotopic (exact) mass is 319 g/mol. The zero-order chi connectivity index (χ0) is 15.6. The number of alkyl halides is 3. The van der Waals surface area contributed by atoms with E-state index in [4.69, 9.17) is 17.4 Å². The van der Waals surface area contributed by atoms with Crippen molar-refractivity contribution in [3.05, 3.63) is 64.2 Å². The molecule has 3 nitrogen and oxygen atoms in total. The van der Waals surface area contributed by atoms with Crippen LogP contribution in [0.5, 0.6) is 0 Å². The second-order valence-electron chi connectivity index (χ2n) is 4.20. The second kappa shape index (κ2) is 5.97. The van der Waals surface area contributed by atoms with E-state index in [2.05, 4.69) is 10.4 Å². The first-order valence-corrected chi connectivity index (χ1v) is 6.15. The van der Waals surface area contributed by atoms with Crippen molar-refractivity contribution in [2.75, 3.05) is 0 Å². The average molecular weight is 320 g/mol. The molecule has 21 heavy (non-hydrogen) atoms. The van der Waals surface area contributed by atoms with Gasteiger partial charge in [0.1, 0.15) is 5.82 Å². The van der Waals surface area contributed by atoms with Crippen LogP contribution in [0.2, 0.25) is 5.02 Å². The van der Waals surface area contributed by atoms with Crippen LogP contribution in [0, 0.1) is 5.82 Å². The highest BCUT2D eigenvalue weighted by Gasteiger charge is 2.36. The molecule has 0 spiro atoms. The Morgan fingerprint density at radius 1 is 1.19 bits per heavy atom. The van der Waals surface area contributed by atoms with Gasteiger partial charge >= 0.3 is 6.18 Å². The molecule has 0 amide bonds. The summed E-state index contributed by atoms with van der Waals surface area (Å²) in [4.78, 5) is 3.67. The lowest BCUT2D eigenvalue weighted by Gasteiger charge is -2.21. The van der Waals surface area contributed by atoms with Gasteiger partial charge in [0.25, 0.3) is 0 Å². The molecule has 0 aliphatic rings. The minimum absolute atomic E-state index is 0.0951. The first-order chi connectivity index (χ1) is 9.86. The molecule has 1 unspecified atom stereocenters. The van der Waals surface area contributed by atoms with Gasteiger partial charge in [0.2, 0.25) is 0 Å². The summed E-state index contributed by atoms with van der Waals surface area (Å²) in [7, 11) is 0. The zero-order valence-corrected chi connectivity index (χ0v) is 11.2. The first kappa shape index (κ1) is 15.7. The van der Waals surface area contributed by atoms with Gasteiger partial charge in [-0.3, -0.25) is 10.8 Å². The van der Waals surface area contributed by atoms with Crippen LogP contribution in [0.4, 0.5) is 17.6 Å². The molecule has 8 heteroatoms. The number of halogens is 5. The minimum Gasteiger partial charge on any atom is -0.271 e. The predicted molar refractivity (Wildman–Crippen MR) is 69.8 cm³/mol. The Morgan fingerprint density at radius 2 is 1.90 bits per heavy atom. The van der Waals surface area contributed by atoms with Gasteiger partial charge in [-0.15, -0.1) is 0 Å². The van der Waals surface area contributed by atoms with Crippen LogP contribution in [0.15, 0.2) is 36.7 Å². The summed E-state index contributed by atoms with van der Waals surface area (Å²) in [5, 5.41) is -0.294. The Hall–Kier alpha value is -1.70. The molecule has 0 saturated carbocycles. The third kappa shape index (κ3) is 3.15. The summed E-state index contributed by atoms with van der Waals surface area (Å²) >= 11 is 5.81. The molecule has 112 valence electrons. The van der Waals surface area contributed by atoms with Crippen molar-refractivity contribution >= 4 is 11.6 Å². The molecule has 1 aromatic carbocycles. The van der Waals surface area contributed by atoms with Gasteiger partial charge < -0.3 is 0 Å². The quantitative estimate of drug-likeness (QED) is 0.517. The van der Waals surface area contributed by atoms with Gasteiger partial charge in [0.05, 0.1) is 16.6 Å². The summed E-state index contributed by atoms with van der Waals surface area (Å²) in [5.74, 6) is 4.60. The third-order valence-corrected chi connectivity index (χ3v) is 3.33. The summed E-state index contributed by atoms with van der Waals surface area (Å²) < 4.78 is 52.6. The minimum atomic E-state index is -4.59. The number of aromatic nitrogens is 1. The van der Waals surface area contributed by atoms with E-state index in [9.17, 15) is 17.6 Å². The Morgan fingerprint density at radius 3 is 2.52 bits per heavy atom. The number of nitrogens with two attached hydrogens (primary N) is 1. The van der Waals surface area contributed by atoms with Crippen LogP contribution in [-0.4, -0.2) is 4.98 Å². The standard InChI is InChI=1S/C13H10ClF4N3/c14-11-7(2-1-3-10(11)15)12(21-19)8-6-20-5-4-9(8)13(16,17)18/h1-6,12,21H,19H2. The number of hydrogen-bond acceptors (Lipinski definition) is 3. The lowest BCUT2D eigenvalue weighted by atomic mass is 9.96. The largest absolute Gasteiger partial charge is 0.416 e. The smallest absolute Gasteiger partial charge is 0.271 e. The lowest BCUT2D eigenvalue weighted by Crippen LogP contribution is -2.31. The molecule has 0 bridgehead atoms. The van der Waals surface area contributed by atoms with E-state index in [1.165, 1.54) is 12.1 Å². The maximum atomic E-state index is 13.5. The molecular formula is C13H10ClF4N3. The second-order valence-corrected chi connectivity index (χ2v) is 4.58. The molecule has 0 saturated heterocycles. The van der Waals surface area contributed by atoms with Crippen molar-refractivity contribution in [3.63, 3.8) is 0 Å². The SMILES string of the molecule is NNC(c1cnccc1C(F)(F)F)c1cccc(F)c1Cl. The highest BCUT2D eigenvalue weighted by molar-refractivity contribution is 6.31. The van der Waals surface area contributed by atoms with E-state index in [1.807, 2.05) is 0 Å². The van der Waals surface area contributed by atoms with Crippen molar-refractivity contribution < 1.29 is 17.6 Å². The van der Waals surface area contributed by atoms with Crippen molar-refractivity contribution in [1.29, 1.82) is 0 Å². The number of hydrogen-bond donors (Lipinski definition) is 2. The van der Waals surface area contributed by atoms with E-state index in [0.717, 1.165) is 24.5 Å². The number of pyridine rings is 1. The number of hydrazine groups is 1. The van der Waals surface area contributed by atoms with Gasteiger partial charge in [-0.05, 0) is 17.7 Å². The normalized spacial score (nSPS) is 13.2. The van der Waals surface area contributed by atoms with E-state index in [1.54, 1.807) is 0 Å². The molecule has 1 heterocycles. The molecule has 2 aromatic rings. The fourth-order valence-corrected chi connectivity index (χ4v) is 2.22. The third-order valence-electron chi connectivity index (χ3n) is 2.93. The van der Waals surface area contributed by atoms with E-state index >= 15 is 0 Å². The van der Waals surface area contributed by atoms with Gasteiger partial charge in [-0.2, -0.15) is 13.2 Å². The summed E-state index contributed by atoms with van der Waals surface area (Å²) in [6, 6.07) is 3.52. The average Bonchev–Trinajstić information content (AvgIpc) is 2.44. The fraction of sp³-hybridized carbons (Fsp3) is 0.154. The number of benzene rings is 1. The van der Waals surface area contributed by atoms with Crippen molar-refractivity contribution in [2.45, 2.75) is 12.2 Å². The maximum absolute atomic E-state index is 13.5. The summed E-state index contributed by atoms with van der Waals surface area (Å²) in [5.41, 5.74) is 1.17. The van der Waals surface area contributed by atoms with Crippen LogP contribution >= 0.6 is 11.6 Å². The molecule has 0 fully saturated rings. The van der Waals surface area contributed by atoms with Gasteiger partial charge in [0, 0.05) is 18.0 Å². The first-order valence-electron chi connectivity index (χ1n) is 5.77. The fourth-order valence-electron chi connectivity index (χ4n) is 1.99. The number of rotatable bonds is 3. The van der Waals surface area contributed by atoms with Crippen LogP contribution in [0.25, 0.3) is 0 Å². The van der Waals surface area contributed by atoms with E-state index in [-0.39, 0.29) is 16.1 Å². The van der Waals surface area contributed by atoms with Crippen LogP contribution in [-0.2, 0) is 6.18 Å². The molecule has 2 rings (SSSR count). The summed E-state index contributed by atoms with van der Waals surface area (Å²) in [6.07, 6.45) is -2.55. The van der Waals surface area contributed by atoms with E-state index < -0.39 is 23.6 Å².